The maximum Gasteiger partial charge on any atom is 0.254 e. The fraction of sp³-hybridized carbons (Fsp3) is 0.273. The number of nitrogens with zero attached hydrogens (tertiary/aromatic N) is 4. The van der Waals surface area contributed by atoms with Crippen LogP contribution in [0.3, 0.4) is 0 Å². The highest BCUT2D eigenvalue weighted by Gasteiger charge is 2.28. The molecule has 1 fully saturated rings. The van der Waals surface area contributed by atoms with Crippen molar-refractivity contribution in [2.24, 2.45) is 0 Å². The molecule has 1 aliphatic heterocycles. The largest absolute Gasteiger partial charge is 0.368 e. The molecule has 0 bridgehead atoms. The molecular weight excluding hydrogens is 350 g/mol. The van der Waals surface area contributed by atoms with Crippen molar-refractivity contribution in [1.82, 2.24) is 19.9 Å². The average Bonchev–Trinajstić information content (AvgIpc) is 2.73. The van der Waals surface area contributed by atoms with Crippen molar-refractivity contribution < 1.29 is 4.79 Å². The van der Waals surface area contributed by atoms with E-state index in [9.17, 15) is 4.79 Å². The van der Waals surface area contributed by atoms with E-state index in [-0.39, 0.29) is 17.9 Å². The van der Waals surface area contributed by atoms with E-state index >= 15 is 0 Å². The number of nitrogens with two attached hydrogens (primary N) is 1. The smallest absolute Gasteiger partial charge is 0.254 e. The lowest BCUT2D eigenvalue weighted by atomic mass is 9.95. The molecule has 4 rings (SSSR count). The molecule has 142 valence electrons. The second kappa shape index (κ2) is 7.76. The van der Waals surface area contributed by atoms with E-state index in [2.05, 4.69) is 15.0 Å². The molecule has 2 aromatic heterocycles. The van der Waals surface area contributed by atoms with Crippen molar-refractivity contribution in [1.29, 1.82) is 0 Å². The van der Waals surface area contributed by atoms with Gasteiger partial charge < -0.3 is 10.6 Å². The minimum Gasteiger partial charge on any atom is -0.368 e. The van der Waals surface area contributed by atoms with Gasteiger partial charge in [-0.15, -0.1) is 0 Å². The Morgan fingerprint density at radius 2 is 1.96 bits per heavy atom. The third-order valence-electron chi connectivity index (χ3n) is 5.13. The first-order valence-corrected chi connectivity index (χ1v) is 9.54. The third kappa shape index (κ3) is 3.71. The molecule has 1 unspecified atom stereocenters. The SMILES string of the molecule is Cc1cc(-c2ccc(C(=O)N3CCCCC3c3cccnc3)cc2)nc(N)n1. The second-order valence-corrected chi connectivity index (χ2v) is 7.13. The summed E-state index contributed by atoms with van der Waals surface area (Å²) in [6.45, 7) is 2.65. The number of nitrogen functional groups attached to an aromatic ring is 1. The summed E-state index contributed by atoms with van der Waals surface area (Å²) in [5.74, 6) is 0.307. The molecule has 1 atom stereocenters. The van der Waals surface area contributed by atoms with Gasteiger partial charge in [-0.2, -0.15) is 0 Å². The summed E-state index contributed by atoms with van der Waals surface area (Å²) >= 11 is 0. The number of carbonyl (C=O) groups is 1. The topological polar surface area (TPSA) is 85.0 Å². The summed E-state index contributed by atoms with van der Waals surface area (Å²) in [6.07, 6.45) is 6.74. The average molecular weight is 373 g/mol. The van der Waals surface area contributed by atoms with E-state index < -0.39 is 0 Å². The van der Waals surface area contributed by atoms with Crippen molar-refractivity contribution in [3.8, 4) is 11.3 Å². The molecule has 1 aliphatic rings. The number of amides is 1. The monoisotopic (exact) mass is 373 g/mol. The zero-order valence-corrected chi connectivity index (χ0v) is 15.9. The minimum atomic E-state index is 0.0542. The van der Waals surface area contributed by atoms with Gasteiger partial charge in [-0.25, -0.2) is 9.97 Å². The number of likely N-dealkylation sites (tertiary alicyclic amines) is 1. The van der Waals surface area contributed by atoms with Crippen LogP contribution < -0.4 is 5.73 Å². The number of aromatic nitrogens is 3. The number of aryl methyl sites for hydroxylation is 1. The Morgan fingerprint density at radius 1 is 1.14 bits per heavy atom. The zero-order valence-electron chi connectivity index (χ0n) is 15.9. The Labute approximate surface area is 164 Å². The Morgan fingerprint density at radius 3 is 2.68 bits per heavy atom. The molecule has 1 saturated heterocycles. The first kappa shape index (κ1) is 18.1. The highest BCUT2D eigenvalue weighted by molar-refractivity contribution is 5.95. The molecule has 6 nitrogen and oxygen atoms in total. The van der Waals surface area contributed by atoms with Gasteiger partial charge in [0.15, 0.2) is 0 Å². The molecule has 3 aromatic rings. The number of piperidine rings is 1. The fourth-order valence-corrected chi connectivity index (χ4v) is 3.78. The predicted octanol–water partition coefficient (Wildman–Crippen LogP) is 3.80. The Bertz CT molecular complexity index is 952. The summed E-state index contributed by atoms with van der Waals surface area (Å²) < 4.78 is 0. The van der Waals surface area contributed by atoms with E-state index in [1.807, 2.05) is 60.5 Å². The summed E-state index contributed by atoms with van der Waals surface area (Å²) in [4.78, 5) is 27.8. The predicted molar refractivity (Wildman–Crippen MR) is 108 cm³/mol. The quantitative estimate of drug-likeness (QED) is 0.755. The number of anilines is 1. The highest BCUT2D eigenvalue weighted by atomic mass is 16.2. The molecule has 2 N–H and O–H groups in total. The summed E-state index contributed by atoms with van der Waals surface area (Å²) in [5.41, 5.74) is 10.0. The van der Waals surface area contributed by atoms with Crippen molar-refractivity contribution in [3.05, 3.63) is 71.7 Å². The van der Waals surface area contributed by atoms with Crippen LogP contribution in [-0.2, 0) is 0 Å². The van der Waals surface area contributed by atoms with Crippen molar-refractivity contribution in [2.45, 2.75) is 32.2 Å². The fourth-order valence-electron chi connectivity index (χ4n) is 3.78. The van der Waals surface area contributed by atoms with Crippen LogP contribution in [0.4, 0.5) is 5.95 Å². The van der Waals surface area contributed by atoms with Gasteiger partial charge >= 0.3 is 0 Å². The number of hydrogen-bond donors (Lipinski definition) is 1. The van der Waals surface area contributed by atoms with E-state index in [0.29, 0.717) is 5.56 Å². The maximum atomic E-state index is 13.2. The standard InChI is InChI=1S/C22H23N5O/c1-15-13-19(26-22(23)25-15)16-7-9-17(10-8-16)21(28)27-12-3-2-6-20(27)18-5-4-11-24-14-18/h4-5,7-11,13-14,20H,2-3,6,12H2,1H3,(H2,23,25,26). The summed E-state index contributed by atoms with van der Waals surface area (Å²) in [7, 11) is 0. The van der Waals surface area contributed by atoms with Gasteiger partial charge in [0.25, 0.3) is 5.91 Å². The molecule has 3 heterocycles. The Balaban J connectivity index is 1.58. The third-order valence-corrected chi connectivity index (χ3v) is 5.13. The van der Waals surface area contributed by atoms with Crippen LogP contribution in [0.25, 0.3) is 11.3 Å². The van der Waals surface area contributed by atoms with Crippen LogP contribution in [-0.4, -0.2) is 32.3 Å². The molecule has 1 amide bonds. The zero-order chi connectivity index (χ0) is 19.5. The van der Waals surface area contributed by atoms with E-state index in [4.69, 9.17) is 5.73 Å². The number of benzene rings is 1. The van der Waals surface area contributed by atoms with Gasteiger partial charge in [0.2, 0.25) is 5.95 Å². The van der Waals surface area contributed by atoms with Gasteiger partial charge in [-0.05, 0) is 56.0 Å². The van der Waals surface area contributed by atoms with Gasteiger partial charge in [0, 0.05) is 35.8 Å². The molecule has 6 heteroatoms. The number of rotatable bonds is 3. The summed E-state index contributed by atoms with van der Waals surface area (Å²) in [5, 5.41) is 0. The van der Waals surface area contributed by atoms with Gasteiger partial charge in [0.1, 0.15) is 0 Å². The van der Waals surface area contributed by atoms with Gasteiger partial charge in [-0.3, -0.25) is 9.78 Å². The van der Waals surface area contributed by atoms with Crippen molar-refractivity contribution in [2.75, 3.05) is 12.3 Å². The lowest BCUT2D eigenvalue weighted by molar-refractivity contribution is 0.0611. The van der Waals surface area contributed by atoms with Crippen LogP contribution in [0.15, 0.2) is 54.9 Å². The van der Waals surface area contributed by atoms with Crippen LogP contribution in [0.1, 0.15) is 46.9 Å². The van der Waals surface area contributed by atoms with Crippen molar-refractivity contribution >= 4 is 11.9 Å². The molecular formula is C22H23N5O. The molecule has 0 spiro atoms. The van der Waals surface area contributed by atoms with Crippen molar-refractivity contribution in [3.63, 3.8) is 0 Å². The van der Waals surface area contributed by atoms with E-state index in [1.54, 1.807) is 6.20 Å². The molecule has 0 saturated carbocycles. The van der Waals surface area contributed by atoms with E-state index in [0.717, 1.165) is 48.3 Å². The van der Waals surface area contributed by atoms with Gasteiger partial charge in [0.05, 0.1) is 11.7 Å². The number of pyridine rings is 1. The van der Waals surface area contributed by atoms with E-state index in [1.165, 1.54) is 0 Å². The molecule has 0 aliphatic carbocycles. The van der Waals surface area contributed by atoms with Crippen LogP contribution >= 0.6 is 0 Å². The Kier molecular flexibility index (Phi) is 5.02. The Hall–Kier alpha value is -3.28. The molecule has 0 radical (unpaired) electrons. The van der Waals surface area contributed by atoms with Gasteiger partial charge in [-0.1, -0.05) is 18.2 Å². The lowest BCUT2D eigenvalue weighted by Crippen LogP contribution is -2.38. The highest BCUT2D eigenvalue weighted by Crippen LogP contribution is 2.32. The van der Waals surface area contributed by atoms with Crippen LogP contribution in [0.5, 0.6) is 0 Å². The molecule has 1 aromatic carbocycles. The maximum absolute atomic E-state index is 13.2. The normalized spacial score (nSPS) is 16.8. The first-order chi connectivity index (χ1) is 13.6. The summed E-state index contributed by atoms with van der Waals surface area (Å²) in [6, 6.07) is 13.5. The number of hydrogen-bond acceptors (Lipinski definition) is 5. The lowest BCUT2D eigenvalue weighted by Gasteiger charge is -2.36. The number of carbonyl (C=O) groups excluding carboxylic acids is 1. The first-order valence-electron chi connectivity index (χ1n) is 9.54. The van der Waals surface area contributed by atoms with Crippen LogP contribution in [0.2, 0.25) is 0 Å². The molecule has 28 heavy (non-hydrogen) atoms. The second-order valence-electron chi connectivity index (χ2n) is 7.13. The van der Waals surface area contributed by atoms with Crippen LogP contribution in [0, 0.1) is 6.92 Å². The minimum absolute atomic E-state index is 0.0542.